The van der Waals surface area contributed by atoms with E-state index in [-0.39, 0.29) is 5.38 Å². The summed E-state index contributed by atoms with van der Waals surface area (Å²) < 4.78 is 5.41. The molecule has 0 saturated carbocycles. The predicted octanol–water partition coefficient (Wildman–Crippen LogP) is 2.66. The standard InChI is InChI=1S/C11H24ClNO/c1-4-5-7-14-8-6-13-9-11(12)10(2)3/h10-11,13H,4-9H2,1-3H3. The molecule has 14 heavy (non-hydrogen) atoms. The molecule has 0 fully saturated rings. The first-order valence-corrected chi connectivity index (χ1v) is 6.04. The Morgan fingerprint density at radius 3 is 2.57 bits per heavy atom. The monoisotopic (exact) mass is 221 g/mol. The van der Waals surface area contributed by atoms with Crippen molar-refractivity contribution in [3.05, 3.63) is 0 Å². The molecule has 2 nitrogen and oxygen atoms in total. The van der Waals surface area contributed by atoms with E-state index in [0.29, 0.717) is 5.92 Å². The maximum absolute atomic E-state index is 6.07. The Morgan fingerprint density at radius 2 is 2.00 bits per heavy atom. The molecular formula is C11H24ClNO. The number of unbranched alkanes of at least 4 members (excludes halogenated alkanes) is 1. The maximum atomic E-state index is 6.07. The summed E-state index contributed by atoms with van der Waals surface area (Å²) in [6, 6.07) is 0. The van der Waals surface area contributed by atoms with Gasteiger partial charge in [-0.05, 0) is 12.3 Å². The molecule has 0 aromatic rings. The first kappa shape index (κ1) is 14.2. The summed E-state index contributed by atoms with van der Waals surface area (Å²) in [6.45, 7) is 9.89. The molecular weight excluding hydrogens is 198 g/mol. The van der Waals surface area contributed by atoms with Gasteiger partial charge in [-0.2, -0.15) is 0 Å². The van der Waals surface area contributed by atoms with Crippen molar-refractivity contribution in [2.45, 2.75) is 39.0 Å². The van der Waals surface area contributed by atoms with E-state index < -0.39 is 0 Å². The van der Waals surface area contributed by atoms with Gasteiger partial charge in [0.2, 0.25) is 0 Å². The Bertz CT molecular complexity index is 120. The third-order valence-corrected chi connectivity index (χ3v) is 2.79. The van der Waals surface area contributed by atoms with Crippen LogP contribution in [0.1, 0.15) is 33.6 Å². The van der Waals surface area contributed by atoms with Crippen molar-refractivity contribution < 1.29 is 4.74 Å². The van der Waals surface area contributed by atoms with Crippen LogP contribution in [0, 0.1) is 5.92 Å². The van der Waals surface area contributed by atoms with Crippen molar-refractivity contribution in [1.82, 2.24) is 5.32 Å². The molecule has 0 rings (SSSR count). The summed E-state index contributed by atoms with van der Waals surface area (Å²) in [6.07, 6.45) is 2.36. The van der Waals surface area contributed by atoms with Gasteiger partial charge in [0, 0.05) is 25.1 Å². The third kappa shape index (κ3) is 8.79. The first-order chi connectivity index (χ1) is 6.68. The number of hydrogen-bond donors (Lipinski definition) is 1. The van der Waals surface area contributed by atoms with E-state index >= 15 is 0 Å². The van der Waals surface area contributed by atoms with Gasteiger partial charge >= 0.3 is 0 Å². The summed E-state index contributed by atoms with van der Waals surface area (Å²) in [5.74, 6) is 0.533. The van der Waals surface area contributed by atoms with Gasteiger partial charge in [-0.3, -0.25) is 0 Å². The average molecular weight is 222 g/mol. The zero-order valence-electron chi connectivity index (χ0n) is 9.68. The van der Waals surface area contributed by atoms with Crippen LogP contribution in [0.5, 0.6) is 0 Å². The topological polar surface area (TPSA) is 21.3 Å². The van der Waals surface area contributed by atoms with E-state index in [1.165, 1.54) is 6.42 Å². The summed E-state index contributed by atoms with van der Waals surface area (Å²) in [5.41, 5.74) is 0. The molecule has 0 bridgehead atoms. The smallest absolute Gasteiger partial charge is 0.0590 e. The van der Waals surface area contributed by atoms with Crippen LogP contribution in [0.4, 0.5) is 0 Å². The lowest BCUT2D eigenvalue weighted by molar-refractivity contribution is 0.133. The fourth-order valence-electron chi connectivity index (χ4n) is 0.968. The zero-order chi connectivity index (χ0) is 10.8. The van der Waals surface area contributed by atoms with Crippen molar-refractivity contribution in [3.63, 3.8) is 0 Å². The van der Waals surface area contributed by atoms with Gasteiger partial charge in [0.15, 0.2) is 0 Å². The molecule has 1 N–H and O–H groups in total. The second-order valence-electron chi connectivity index (χ2n) is 3.93. The lowest BCUT2D eigenvalue weighted by Gasteiger charge is -2.13. The average Bonchev–Trinajstić information content (AvgIpc) is 2.16. The van der Waals surface area contributed by atoms with Crippen LogP contribution in [0.2, 0.25) is 0 Å². The molecule has 0 aliphatic carbocycles. The molecule has 86 valence electrons. The Hall–Kier alpha value is 0.210. The van der Waals surface area contributed by atoms with E-state index in [1.54, 1.807) is 0 Å². The molecule has 0 saturated heterocycles. The van der Waals surface area contributed by atoms with Gasteiger partial charge in [-0.25, -0.2) is 0 Å². The minimum absolute atomic E-state index is 0.227. The Morgan fingerprint density at radius 1 is 1.29 bits per heavy atom. The molecule has 1 unspecified atom stereocenters. The van der Waals surface area contributed by atoms with Crippen LogP contribution >= 0.6 is 11.6 Å². The summed E-state index contributed by atoms with van der Waals surface area (Å²) in [7, 11) is 0. The predicted molar refractivity (Wildman–Crippen MR) is 63.1 cm³/mol. The molecule has 0 aromatic carbocycles. The molecule has 0 aromatic heterocycles. The third-order valence-electron chi connectivity index (χ3n) is 2.13. The molecule has 0 spiro atoms. The van der Waals surface area contributed by atoms with E-state index in [4.69, 9.17) is 16.3 Å². The fourth-order valence-corrected chi connectivity index (χ4v) is 1.08. The van der Waals surface area contributed by atoms with Crippen molar-refractivity contribution in [1.29, 1.82) is 0 Å². The lowest BCUT2D eigenvalue weighted by Crippen LogP contribution is -2.29. The zero-order valence-corrected chi connectivity index (χ0v) is 10.4. The number of alkyl halides is 1. The highest BCUT2D eigenvalue weighted by molar-refractivity contribution is 6.20. The van der Waals surface area contributed by atoms with E-state index in [1.807, 2.05) is 0 Å². The molecule has 1 atom stereocenters. The van der Waals surface area contributed by atoms with Crippen LogP contribution < -0.4 is 5.32 Å². The summed E-state index contributed by atoms with van der Waals surface area (Å²) in [4.78, 5) is 0. The molecule has 0 aliphatic heterocycles. The van der Waals surface area contributed by atoms with E-state index in [0.717, 1.165) is 32.7 Å². The van der Waals surface area contributed by atoms with E-state index in [9.17, 15) is 0 Å². The lowest BCUT2D eigenvalue weighted by atomic mass is 10.1. The second-order valence-corrected chi connectivity index (χ2v) is 4.49. The second kappa shape index (κ2) is 9.75. The Kier molecular flexibility index (Phi) is 9.90. The van der Waals surface area contributed by atoms with E-state index in [2.05, 4.69) is 26.1 Å². The molecule has 0 aliphatic rings. The summed E-state index contributed by atoms with van der Waals surface area (Å²) in [5, 5.41) is 3.51. The number of ether oxygens (including phenoxy) is 1. The van der Waals surface area contributed by atoms with Gasteiger partial charge in [0.05, 0.1) is 6.61 Å². The van der Waals surface area contributed by atoms with Crippen molar-refractivity contribution in [2.24, 2.45) is 5.92 Å². The molecule has 3 heteroatoms. The number of hydrogen-bond acceptors (Lipinski definition) is 2. The Labute approximate surface area is 93.4 Å². The van der Waals surface area contributed by atoms with Crippen molar-refractivity contribution in [2.75, 3.05) is 26.3 Å². The maximum Gasteiger partial charge on any atom is 0.0590 e. The number of rotatable bonds is 9. The Balaban J connectivity index is 3.06. The highest BCUT2D eigenvalue weighted by Crippen LogP contribution is 2.07. The number of nitrogens with one attached hydrogen (secondary N) is 1. The molecule has 0 radical (unpaired) electrons. The molecule has 0 amide bonds. The first-order valence-electron chi connectivity index (χ1n) is 5.61. The summed E-state index contributed by atoms with van der Waals surface area (Å²) >= 11 is 6.07. The van der Waals surface area contributed by atoms with Crippen LogP contribution in [0.25, 0.3) is 0 Å². The molecule has 0 heterocycles. The van der Waals surface area contributed by atoms with Gasteiger partial charge in [0.1, 0.15) is 0 Å². The van der Waals surface area contributed by atoms with Gasteiger partial charge in [-0.15, -0.1) is 11.6 Å². The fraction of sp³-hybridized carbons (Fsp3) is 1.00. The van der Waals surface area contributed by atoms with Gasteiger partial charge in [-0.1, -0.05) is 27.2 Å². The highest BCUT2D eigenvalue weighted by atomic mass is 35.5. The van der Waals surface area contributed by atoms with Gasteiger partial charge < -0.3 is 10.1 Å². The van der Waals surface area contributed by atoms with Crippen molar-refractivity contribution in [3.8, 4) is 0 Å². The van der Waals surface area contributed by atoms with Gasteiger partial charge in [0.25, 0.3) is 0 Å². The highest BCUT2D eigenvalue weighted by Gasteiger charge is 2.07. The largest absolute Gasteiger partial charge is 0.380 e. The van der Waals surface area contributed by atoms with Crippen LogP contribution in [0.3, 0.4) is 0 Å². The SMILES string of the molecule is CCCCOCCNCC(Cl)C(C)C. The number of halogens is 1. The normalized spacial score (nSPS) is 13.5. The van der Waals surface area contributed by atoms with Crippen molar-refractivity contribution >= 4 is 11.6 Å². The minimum Gasteiger partial charge on any atom is -0.380 e. The minimum atomic E-state index is 0.227. The van der Waals surface area contributed by atoms with Crippen LogP contribution in [0.15, 0.2) is 0 Å². The quantitative estimate of drug-likeness (QED) is 0.478. The van der Waals surface area contributed by atoms with Crippen LogP contribution in [-0.2, 0) is 4.74 Å². The van der Waals surface area contributed by atoms with Crippen LogP contribution in [-0.4, -0.2) is 31.7 Å².